The summed E-state index contributed by atoms with van der Waals surface area (Å²) in [5.41, 5.74) is 2.69. The van der Waals surface area contributed by atoms with Crippen molar-refractivity contribution in [1.82, 2.24) is 25.0 Å². The standard InChI is InChI=1S/C17H22N6/c1-4-8-14-19-16(18-12(2)3)15-17(20-14)23(22-21-15)11-13-9-6-5-7-10-13/h5-7,9-10,12H,4,8,11H2,1-3H3,(H,18,19,20). The van der Waals surface area contributed by atoms with E-state index in [1.54, 1.807) is 0 Å². The minimum absolute atomic E-state index is 0.279. The van der Waals surface area contributed by atoms with Gasteiger partial charge in [-0.2, -0.15) is 0 Å². The number of anilines is 1. The van der Waals surface area contributed by atoms with Gasteiger partial charge in [-0.25, -0.2) is 14.6 Å². The summed E-state index contributed by atoms with van der Waals surface area (Å²) in [4.78, 5) is 9.29. The molecule has 2 aromatic heterocycles. The SMILES string of the molecule is CCCc1nc(NC(C)C)c2nnn(Cc3ccccc3)c2n1. The molecule has 1 aromatic carbocycles. The van der Waals surface area contributed by atoms with E-state index >= 15 is 0 Å². The molecule has 0 aliphatic carbocycles. The number of fused-ring (bicyclic) bond motifs is 1. The molecule has 0 atom stereocenters. The van der Waals surface area contributed by atoms with E-state index < -0.39 is 0 Å². The first kappa shape index (κ1) is 15.4. The van der Waals surface area contributed by atoms with Crippen molar-refractivity contribution in [3.05, 3.63) is 41.7 Å². The molecular formula is C17H22N6. The highest BCUT2D eigenvalue weighted by Crippen LogP contribution is 2.20. The second-order valence-corrected chi connectivity index (χ2v) is 5.94. The first-order chi connectivity index (χ1) is 11.2. The Morgan fingerprint density at radius 2 is 1.91 bits per heavy atom. The van der Waals surface area contributed by atoms with Crippen LogP contribution in [0.1, 0.15) is 38.6 Å². The van der Waals surface area contributed by atoms with Crippen LogP contribution in [0.3, 0.4) is 0 Å². The maximum Gasteiger partial charge on any atom is 0.184 e. The number of benzene rings is 1. The van der Waals surface area contributed by atoms with E-state index in [9.17, 15) is 0 Å². The van der Waals surface area contributed by atoms with Gasteiger partial charge in [0.25, 0.3) is 0 Å². The van der Waals surface area contributed by atoms with Crippen LogP contribution in [0, 0.1) is 0 Å². The molecule has 0 bridgehead atoms. The van der Waals surface area contributed by atoms with Gasteiger partial charge >= 0.3 is 0 Å². The molecule has 6 nitrogen and oxygen atoms in total. The lowest BCUT2D eigenvalue weighted by Crippen LogP contribution is -2.13. The van der Waals surface area contributed by atoms with Crippen molar-refractivity contribution in [3.8, 4) is 0 Å². The van der Waals surface area contributed by atoms with Crippen LogP contribution in [0.25, 0.3) is 11.2 Å². The zero-order valence-corrected chi connectivity index (χ0v) is 13.8. The molecule has 0 unspecified atom stereocenters. The third-order valence-electron chi connectivity index (χ3n) is 3.48. The molecule has 0 fully saturated rings. The number of hydrogen-bond acceptors (Lipinski definition) is 5. The first-order valence-electron chi connectivity index (χ1n) is 8.08. The van der Waals surface area contributed by atoms with Crippen molar-refractivity contribution in [2.45, 2.75) is 46.2 Å². The molecule has 3 rings (SSSR count). The van der Waals surface area contributed by atoms with Gasteiger partial charge in [-0.15, -0.1) is 5.10 Å². The Kier molecular flexibility index (Phi) is 4.50. The van der Waals surface area contributed by atoms with Crippen LogP contribution in [0.2, 0.25) is 0 Å². The largest absolute Gasteiger partial charge is 0.366 e. The van der Waals surface area contributed by atoms with E-state index in [2.05, 4.69) is 58.5 Å². The summed E-state index contributed by atoms with van der Waals surface area (Å²) in [7, 11) is 0. The van der Waals surface area contributed by atoms with Crippen LogP contribution in [0.5, 0.6) is 0 Å². The second-order valence-electron chi connectivity index (χ2n) is 5.94. The van der Waals surface area contributed by atoms with Gasteiger partial charge in [0, 0.05) is 12.5 Å². The quantitative estimate of drug-likeness (QED) is 0.758. The molecule has 0 radical (unpaired) electrons. The summed E-state index contributed by atoms with van der Waals surface area (Å²) in [6, 6.07) is 10.5. The summed E-state index contributed by atoms with van der Waals surface area (Å²) < 4.78 is 1.84. The minimum Gasteiger partial charge on any atom is -0.366 e. The van der Waals surface area contributed by atoms with E-state index in [1.807, 2.05) is 22.9 Å². The molecule has 6 heteroatoms. The Bertz CT molecular complexity index is 778. The Morgan fingerprint density at radius 3 is 2.61 bits per heavy atom. The van der Waals surface area contributed by atoms with Crippen LogP contribution < -0.4 is 5.32 Å². The molecule has 2 heterocycles. The van der Waals surface area contributed by atoms with Crippen molar-refractivity contribution in [2.24, 2.45) is 0 Å². The van der Waals surface area contributed by atoms with Crippen molar-refractivity contribution in [3.63, 3.8) is 0 Å². The lowest BCUT2D eigenvalue weighted by Gasteiger charge is -2.10. The zero-order chi connectivity index (χ0) is 16.2. The van der Waals surface area contributed by atoms with Crippen LogP contribution in [-0.2, 0) is 13.0 Å². The summed E-state index contributed by atoms with van der Waals surface area (Å²) in [6.07, 6.45) is 1.85. The van der Waals surface area contributed by atoms with E-state index in [0.717, 1.165) is 35.6 Å². The van der Waals surface area contributed by atoms with Gasteiger partial charge in [-0.05, 0) is 25.8 Å². The average Bonchev–Trinajstić information content (AvgIpc) is 2.91. The van der Waals surface area contributed by atoms with E-state index in [4.69, 9.17) is 0 Å². The number of nitrogens with zero attached hydrogens (tertiary/aromatic N) is 5. The monoisotopic (exact) mass is 310 g/mol. The number of nitrogens with one attached hydrogen (secondary N) is 1. The maximum absolute atomic E-state index is 4.68. The summed E-state index contributed by atoms with van der Waals surface area (Å²) in [5.74, 6) is 1.60. The highest BCUT2D eigenvalue weighted by Gasteiger charge is 2.15. The van der Waals surface area contributed by atoms with Crippen LogP contribution >= 0.6 is 0 Å². The summed E-state index contributed by atoms with van der Waals surface area (Å²) >= 11 is 0. The molecule has 120 valence electrons. The lowest BCUT2D eigenvalue weighted by atomic mass is 10.2. The third-order valence-corrected chi connectivity index (χ3v) is 3.48. The topological polar surface area (TPSA) is 68.5 Å². The minimum atomic E-state index is 0.279. The fourth-order valence-corrected chi connectivity index (χ4v) is 2.47. The Labute approximate surface area is 136 Å². The van der Waals surface area contributed by atoms with Gasteiger partial charge in [0.2, 0.25) is 0 Å². The van der Waals surface area contributed by atoms with Crippen molar-refractivity contribution >= 4 is 17.0 Å². The first-order valence-corrected chi connectivity index (χ1v) is 8.08. The highest BCUT2D eigenvalue weighted by molar-refractivity contribution is 5.82. The molecule has 23 heavy (non-hydrogen) atoms. The molecule has 0 aliphatic rings. The molecular weight excluding hydrogens is 288 g/mol. The number of aromatic nitrogens is 5. The van der Waals surface area contributed by atoms with Crippen molar-refractivity contribution in [1.29, 1.82) is 0 Å². The van der Waals surface area contributed by atoms with Gasteiger partial charge in [-0.3, -0.25) is 0 Å². The third kappa shape index (κ3) is 3.47. The second kappa shape index (κ2) is 6.73. The van der Waals surface area contributed by atoms with Crippen molar-refractivity contribution < 1.29 is 0 Å². The Morgan fingerprint density at radius 1 is 1.13 bits per heavy atom. The van der Waals surface area contributed by atoms with Gasteiger partial charge in [0.1, 0.15) is 5.82 Å². The maximum atomic E-state index is 4.68. The lowest BCUT2D eigenvalue weighted by molar-refractivity contribution is 0.662. The summed E-state index contributed by atoms with van der Waals surface area (Å²) in [6.45, 7) is 6.95. The molecule has 0 spiro atoms. The average molecular weight is 310 g/mol. The van der Waals surface area contributed by atoms with E-state index in [1.165, 1.54) is 5.56 Å². The van der Waals surface area contributed by atoms with Gasteiger partial charge in [-0.1, -0.05) is 42.5 Å². The molecule has 0 saturated carbocycles. The van der Waals surface area contributed by atoms with Crippen LogP contribution in [-0.4, -0.2) is 31.0 Å². The van der Waals surface area contributed by atoms with Gasteiger partial charge in [0.15, 0.2) is 17.0 Å². The van der Waals surface area contributed by atoms with Gasteiger partial charge < -0.3 is 5.32 Å². The Balaban J connectivity index is 2.04. The molecule has 0 amide bonds. The fraction of sp³-hybridized carbons (Fsp3) is 0.412. The Hall–Kier alpha value is -2.50. The predicted octanol–water partition coefficient (Wildman–Crippen LogP) is 3.04. The molecule has 0 aliphatic heterocycles. The van der Waals surface area contributed by atoms with Gasteiger partial charge in [0.05, 0.1) is 6.54 Å². The van der Waals surface area contributed by atoms with E-state index in [-0.39, 0.29) is 6.04 Å². The van der Waals surface area contributed by atoms with Crippen molar-refractivity contribution in [2.75, 3.05) is 5.32 Å². The number of hydrogen-bond donors (Lipinski definition) is 1. The fourth-order valence-electron chi connectivity index (χ4n) is 2.47. The van der Waals surface area contributed by atoms with Crippen LogP contribution in [0.4, 0.5) is 5.82 Å². The molecule has 0 saturated heterocycles. The number of rotatable bonds is 6. The highest BCUT2D eigenvalue weighted by atomic mass is 15.4. The normalized spacial score (nSPS) is 11.3. The molecule has 1 N–H and O–H groups in total. The molecule has 3 aromatic rings. The zero-order valence-electron chi connectivity index (χ0n) is 13.8. The predicted molar refractivity (Wildman–Crippen MR) is 91.4 cm³/mol. The van der Waals surface area contributed by atoms with Crippen LogP contribution in [0.15, 0.2) is 30.3 Å². The summed E-state index contributed by atoms with van der Waals surface area (Å²) in [5, 5.41) is 11.9. The number of aryl methyl sites for hydroxylation is 1. The smallest absolute Gasteiger partial charge is 0.184 e. The van der Waals surface area contributed by atoms with E-state index in [0.29, 0.717) is 6.54 Å².